The molecule has 4 nitrogen and oxygen atoms in total. The van der Waals surface area contributed by atoms with Crippen molar-refractivity contribution in [2.75, 3.05) is 19.6 Å². The number of rotatable bonds is 7. The van der Waals surface area contributed by atoms with Gasteiger partial charge >= 0.3 is 0 Å². The van der Waals surface area contributed by atoms with Crippen LogP contribution in [0.25, 0.3) is 0 Å². The molecule has 0 aliphatic carbocycles. The summed E-state index contributed by atoms with van der Waals surface area (Å²) < 4.78 is 0.930. The summed E-state index contributed by atoms with van der Waals surface area (Å²) in [6.07, 6.45) is 0.313. The van der Waals surface area contributed by atoms with E-state index in [4.69, 9.17) is 0 Å². The number of amides is 1. The number of aliphatic hydroxyl groups is 1. The molecule has 0 aromatic heterocycles. The van der Waals surface area contributed by atoms with E-state index in [1.165, 1.54) is 0 Å². The summed E-state index contributed by atoms with van der Waals surface area (Å²) >= 11 is 3.35. The molecule has 1 atom stereocenters. The standard InChI is InChI=1S/C13H19BrN2O2/c1-2-6-16-13(18)9-15-8-12(17)10-4-3-5-11(14)7-10/h3-5,7,12,15,17H,2,6,8-9H2,1H3,(H,16,18). The predicted molar refractivity (Wildman–Crippen MR) is 75.3 cm³/mol. The Labute approximate surface area is 116 Å². The summed E-state index contributed by atoms with van der Waals surface area (Å²) in [5.74, 6) is -0.0432. The number of carbonyl (C=O) groups excluding carboxylic acids is 1. The first-order chi connectivity index (χ1) is 8.63. The number of carbonyl (C=O) groups is 1. The van der Waals surface area contributed by atoms with Crippen molar-refractivity contribution in [1.29, 1.82) is 0 Å². The fourth-order valence-corrected chi connectivity index (χ4v) is 1.90. The Morgan fingerprint density at radius 2 is 2.28 bits per heavy atom. The lowest BCUT2D eigenvalue weighted by Crippen LogP contribution is -2.35. The molecule has 18 heavy (non-hydrogen) atoms. The minimum absolute atomic E-state index is 0.0432. The lowest BCUT2D eigenvalue weighted by Gasteiger charge is -2.12. The van der Waals surface area contributed by atoms with Gasteiger partial charge in [0.15, 0.2) is 0 Å². The molecular formula is C13H19BrN2O2. The van der Waals surface area contributed by atoms with Gasteiger partial charge in [-0.15, -0.1) is 0 Å². The molecule has 0 spiro atoms. The topological polar surface area (TPSA) is 61.4 Å². The Morgan fingerprint density at radius 3 is 2.94 bits per heavy atom. The SMILES string of the molecule is CCCNC(=O)CNCC(O)c1cccc(Br)c1. The van der Waals surface area contributed by atoms with Crippen LogP contribution in [0.1, 0.15) is 25.0 Å². The van der Waals surface area contributed by atoms with E-state index in [-0.39, 0.29) is 12.5 Å². The molecule has 1 amide bonds. The van der Waals surface area contributed by atoms with Gasteiger partial charge in [0.25, 0.3) is 0 Å². The van der Waals surface area contributed by atoms with Crippen molar-refractivity contribution in [2.24, 2.45) is 0 Å². The lowest BCUT2D eigenvalue weighted by atomic mass is 10.1. The first-order valence-electron chi connectivity index (χ1n) is 6.04. The summed E-state index contributed by atoms with van der Waals surface area (Å²) in [5, 5.41) is 15.6. The molecule has 0 aliphatic rings. The Hall–Kier alpha value is -0.910. The molecule has 0 aliphatic heterocycles. The average molecular weight is 315 g/mol. The number of hydrogen-bond donors (Lipinski definition) is 3. The molecule has 0 bridgehead atoms. The van der Waals surface area contributed by atoms with Crippen molar-refractivity contribution in [3.05, 3.63) is 34.3 Å². The first-order valence-corrected chi connectivity index (χ1v) is 6.83. The maximum Gasteiger partial charge on any atom is 0.233 e. The van der Waals surface area contributed by atoms with E-state index in [1.807, 2.05) is 31.2 Å². The molecule has 0 heterocycles. The van der Waals surface area contributed by atoms with Gasteiger partial charge in [0.2, 0.25) is 5.91 Å². The number of halogens is 1. The Morgan fingerprint density at radius 1 is 1.50 bits per heavy atom. The van der Waals surface area contributed by atoms with Crippen LogP contribution in [0.15, 0.2) is 28.7 Å². The quantitative estimate of drug-likeness (QED) is 0.716. The minimum atomic E-state index is -0.610. The first kappa shape index (κ1) is 15.1. The third-order valence-corrected chi connectivity index (χ3v) is 2.92. The zero-order valence-corrected chi connectivity index (χ0v) is 12.0. The summed E-state index contributed by atoms with van der Waals surface area (Å²) in [4.78, 5) is 11.3. The van der Waals surface area contributed by atoms with Gasteiger partial charge in [-0.25, -0.2) is 0 Å². The van der Waals surface area contributed by atoms with Crippen LogP contribution in [0.2, 0.25) is 0 Å². The van der Waals surface area contributed by atoms with E-state index in [9.17, 15) is 9.90 Å². The van der Waals surface area contributed by atoms with E-state index in [1.54, 1.807) is 0 Å². The monoisotopic (exact) mass is 314 g/mol. The Kier molecular flexibility index (Phi) is 6.93. The molecule has 0 saturated carbocycles. The van der Waals surface area contributed by atoms with Gasteiger partial charge in [-0.2, -0.15) is 0 Å². The largest absolute Gasteiger partial charge is 0.387 e. The van der Waals surface area contributed by atoms with Crippen molar-refractivity contribution < 1.29 is 9.90 Å². The van der Waals surface area contributed by atoms with E-state index in [0.717, 1.165) is 16.5 Å². The fourth-order valence-electron chi connectivity index (χ4n) is 1.48. The smallest absolute Gasteiger partial charge is 0.233 e. The highest BCUT2D eigenvalue weighted by atomic mass is 79.9. The van der Waals surface area contributed by atoms with Crippen molar-refractivity contribution in [3.63, 3.8) is 0 Å². The second kappa shape index (κ2) is 8.24. The zero-order chi connectivity index (χ0) is 13.4. The van der Waals surface area contributed by atoms with Gasteiger partial charge < -0.3 is 15.7 Å². The molecular weight excluding hydrogens is 296 g/mol. The second-order valence-corrected chi connectivity index (χ2v) is 4.97. The molecule has 3 N–H and O–H groups in total. The van der Waals surface area contributed by atoms with Crippen molar-refractivity contribution >= 4 is 21.8 Å². The van der Waals surface area contributed by atoms with Gasteiger partial charge in [-0.3, -0.25) is 4.79 Å². The molecule has 1 rings (SSSR count). The van der Waals surface area contributed by atoms with Gasteiger partial charge in [0.05, 0.1) is 12.6 Å². The minimum Gasteiger partial charge on any atom is -0.387 e. The van der Waals surface area contributed by atoms with Crippen LogP contribution in [-0.2, 0) is 4.79 Å². The third kappa shape index (κ3) is 5.62. The van der Waals surface area contributed by atoms with Gasteiger partial charge in [-0.05, 0) is 24.1 Å². The highest BCUT2D eigenvalue weighted by Gasteiger charge is 2.08. The van der Waals surface area contributed by atoms with E-state index in [2.05, 4.69) is 26.6 Å². The molecule has 5 heteroatoms. The van der Waals surface area contributed by atoms with Gasteiger partial charge in [0, 0.05) is 17.6 Å². The number of aliphatic hydroxyl groups excluding tert-OH is 1. The molecule has 0 saturated heterocycles. The molecule has 1 aromatic rings. The highest BCUT2D eigenvalue weighted by molar-refractivity contribution is 9.10. The fraction of sp³-hybridized carbons (Fsp3) is 0.462. The van der Waals surface area contributed by atoms with E-state index in [0.29, 0.717) is 13.1 Å². The molecule has 1 aromatic carbocycles. The maximum absolute atomic E-state index is 11.3. The summed E-state index contributed by atoms with van der Waals surface area (Å²) in [6.45, 7) is 3.28. The van der Waals surface area contributed by atoms with E-state index >= 15 is 0 Å². The predicted octanol–water partition coefficient (Wildman–Crippen LogP) is 1.60. The summed E-state index contributed by atoms with van der Waals surface area (Å²) in [7, 11) is 0. The van der Waals surface area contributed by atoms with Crippen LogP contribution in [0.3, 0.4) is 0 Å². The number of hydrogen-bond acceptors (Lipinski definition) is 3. The summed E-state index contributed by atoms with van der Waals surface area (Å²) in [6, 6.07) is 7.50. The van der Waals surface area contributed by atoms with Crippen molar-refractivity contribution in [1.82, 2.24) is 10.6 Å². The van der Waals surface area contributed by atoms with Crippen LogP contribution in [-0.4, -0.2) is 30.6 Å². The number of benzene rings is 1. The Bertz CT molecular complexity index is 385. The lowest BCUT2D eigenvalue weighted by molar-refractivity contribution is -0.120. The third-order valence-electron chi connectivity index (χ3n) is 2.43. The summed E-state index contributed by atoms with van der Waals surface area (Å²) in [5.41, 5.74) is 0.825. The van der Waals surface area contributed by atoms with Crippen molar-refractivity contribution in [2.45, 2.75) is 19.4 Å². The van der Waals surface area contributed by atoms with Crippen molar-refractivity contribution in [3.8, 4) is 0 Å². The number of nitrogens with one attached hydrogen (secondary N) is 2. The average Bonchev–Trinajstić information content (AvgIpc) is 2.36. The second-order valence-electron chi connectivity index (χ2n) is 4.05. The van der Waals surface area contributed by atoms with Crippen LogP contribution in [0.5, 0.6) is 0 Å². The molecule has 0 radical (unpaired) electrons. The van der Waals surface area contributed by atoms with Crippen LogP contribution < -0.4 is 10.6 Å². The maximum atomic E-state index is 11.3. The van der Waals surface area contributed by atoms with Crippen LogP contribution >= 0.6 is 15.9 Å². The van der Waals surface area contributed by atoms with Crippen LogP contribution in [0.4, 0.5) is 0 Å². The van der Waals surface area contributed by atoms with E-state index < -0.39 is 6.10 Å². The molecule has 0 fully saturated rings. The Balaban J connectivity index is 2.29. The highest BCUT2D eigenvalue weighted by Crippen LogP contribution is 2.17. The normalized spacial score (nSPS) is 12.2. The molecule has 1 unspecified atom stereocenters. The van der Waals surface area contributed by atoms with Gasteiger partial charge in [-0.1, -0.05) is 35.0 Å². The van der Waals surface area contributed by atoms with Gasteiger partial charge in [0.1, 0.15) is 0 Å². The van der Waals surface area contributed by atoms with Crippen LogP contribution in [0, 0.1) is 0 Å². The molecule has 100 valence electrons. The zero-order valence-electron chi connectivity index (χ0n) is 10.4.